The molecule has 0 spiro atoms. The largest absolute Gasteiger partial charge is 0.386 e. The molecule has 2 rings (SSSR count). The zero-order valence-electron chi connectivity index (χ0n) is 18.0. The number of ether oxygens (including phenoxy) is 2. The van der Waals surface area contributed by atoms with Gasteiger partial charge in [0.2, 0.25) is 0 Å². The highest BCUT2D eigenvalue weighted by Crippen LogP contribution is 2.27. The Bertz CT molecular complexity index is 974. The van der Waals surface area contributed by atoms with E-state index in [0.717, 1.165) is 22.0 Å². The van der Waals surface area contributed by atoms with Crippen molar-refractivity contribution in [2.45, 2.75) is 20.1 Å². The number of anilines is 1. The first-order valence-corrected chi connectivity index (χ1v) is 9.90. The third-order valence-electron chi connectivity index (χ3n) is 4.48. The number of nitriles is 1. The van der Waals surface area contributed by atoms with Crippen molar-refractivity contribution in [2.24, 2.45) is 0 Å². The summed E-state index contributed by atoms with van der Waals surface area (Å²) in [4.78, 5) is 5.46. The van der Waals surface area contributed by atoms with Gasteiger partial charge in [0.05, 0.1) is 19.2 Å². The molecule has 0 heterocycles. The predicted octanol–water partition coefficient (Wildman–Crippen LogP) is 4.56. The van der Waals surface area contributed by atoms with Crippen LogP contribution in [0.15, 0.2) is 54.4 Å². The number of benzene rings is 2. The highest BCUT2D eigenvalue weighted by atomic mass is 16.7. The maximum atomic E-state index is 9.43. The maximum absolute atomic E-state index is 9.43. The van der Waals surface area contributed by atoms with E-state index >= 15 is 0 Å². The first-order valence-electron chi connectivity index (χ1n) is 9.90. The molecule has 1 N–H and O–H groups in total. The summed E-state index contributed by atoms with van der Waals surface area (Å²) in [5.41, 5.74) is 2.55. The monoisotopic (exact) mass is 404 g/mol. The molecule has 0 aliphatic rings. The van der Waals surface area contributed by atoms with E-state index < -0.39 is 0 Å². The van der Waals surface area contributed by atoms with E-state index in [4.69, 9.17) is 16.0 Å². The van der Waals surface area contributed by atoms with Gasteiger partial charge >= 0.3 is 0 Å². The van der Waals surface area contributed by atoms with Gasteiger partial charge in [-0.25, -0.2) is 10.1 Å². The summed E-state index contributed by atoms with van der Waals surface area (Å²) >= 11 is 0. The number of allylic oxidation sites excluding steroid dienone is 3. The zero-order chi connectivity index (χ0) is 21.9. The van der Waals surface area contributed by atoms with Gasteiger partial charge in [-0.2, -0.15) is 0 Å². The molecule has 6 nitrogen and oxygen atoms in total. The molecule has 0 fully saturated rings. The van der Waals surface area contributed by atoms with Crippen LogP contribution in [0.4, 0.5) is 5.69 Å². The summed E-state index contributed by atoms with van der Waals surface area (Å²) < 4.78 is 11.0. The van der Waals surface area contributed by atoms with Crippen LogP contribution in [0.3, 0.4) is 0 Å². The summed E-state index contributed by atoms with van der Waals surface area (Å²) in [7, 11) is 4.01. The Labute approximate surface area is 178 Å². The molecule has 2 aromatic rings. The second-order valence-electron chi connectivity index (χ2n) is 6.71. The Hall–Kier alpha value is -3.32. The van der Waals surface area contributed by atoms with Crippen LogP contribution in [0, 0.1) is 17.9 Å². The minimum Gasteiger partial charge on any atom is -0.386 e. The number of rotatable bonds is 10. The molecule has 2 aromatic carbocycles. The van der Waals surface area contributed by atoms with Gasteiger partial charge in [-0.15, -0.1) is 0 Å². The lowest BCUT2D eigenvalue weighted by Gasteiger charge is -2.16. The van der Waals surface area contributed by atoms with E-state index in [1.54, 1.807) is 12.3 Å². The summed E-state index contributed by atoms with van der Waals surface area (Å²) in [5.74, 6) is 0. The van der Waals surface area contributed by atoms with Crippen LogP contribution in [0.1, 0.15) is 19.4 Å². The predicted molar refractivity (Wildman–Crippen MR) is 122 cm³/mol. The number of hydrogen-bond donors (Lipinski definition) is 1. The van der Waals surface area contributed by atoms with Crippen LogP contribution in [0.5, 0.6) is 0 Å². The fourth-order valence-corrected chi connectivity index (χ4v) is 2.98. The van der Waals surface area contributed by atoms with Gasteiger partial charge in [-0.3, -0.25) is 0 Å². The van der Waals surface area contributed by atoms with Crippen LogP contribution in [0.25, 0.3) is 21.2 Å². The first-order chi connectivity index (χ1) is 14.5. The highest BCUT2D eigenvalue weighted by molar-refractivity contribution is 5.91. The molecular formula is C24H28N4O2. The molecule has 0 aliphatic carbocycles. The van der Waals surface area contributed by atoms with E-state index in [9.17, 15) is 5.26 Å². The molecule has 0 radical (unpaired) electrons. The van der Waals surface area contributed by atoms with Crippen molar-refractivity contribution >= 4 is 22.0 Å². The molecule has 6 heteroatoms. The van der Waals surface area contributed by atoms with Crippen LogP contribution in [-0.4, -0.2) is 40.1 Å². The van der Waals surface area contributed by atoms with Gasteiger partial charge < -0.3 is 19.7 Å². The Morgan fingerprint density at radius 1 is 1.17 bits per heavy atom. The maximum Gasteiger partial charge on any atom is 0.269 e. The Balaban J connectivity index is 2.30. The quantitative estimate of drug-likeness (QED) is 0.272. The highest BCUT2D eigenvalue weighted by Gasteiger charge is 2.09. The molecule has 0 amide bonds. The molecule has 0 bridgehead atoms. The topological polar surface area (TPSA) is 61.9 Å². The lowest BCUT2D eigenvalue weighted by molar-refractivity contribution is -0.131. The van der Waals surface area contributed by atoms with Gasteiger partial charge in [-0.05, 0) is 60.7 Å². The van der Waals surface area contributed by atoms with Crippen LogP contribution < -0.4 is 10.2 Å². The Morgan fingerprint density at radius 3 is 2.43 bits per heavy atom. The molecule has 0 aromatic heterocycles. The summed E-state index contributed by atoms with van der Waals surface area (Å²) in [6.07, 6.45) is 3.13. The number of fused-ring (bicyclic) bond motifs is 1. The Morgan fingerprint density at radius 2 is 1.83 bits per heavy atom. The second-order valence-corrected chi connectivity index (χ2v) is 6.71. The molecule has 0 saturated heterocycles. The van der Waals surface area contributed by atoms with Gasteiger partial charge in [-0.1, -0.05) is 18.2 Å². The summed E-state index contributed by atoms with van der Waals surface area (Å²) in [6.45, 7) is 12.8. The molecule has 0 aliphatic heterocycles. The normalized spacial score (nSPS) is 12.0. The van der Waals surface area contributed by atoms with E-state index in [1.165, 1.54) is 0 Å². The molecule has 30 heavy (non-hydrogen) atoms. The fraction of sp³-hybridized carbons (Fsp3) is 0.333. The van der Waals surface area contributed by atoms with E-state index in [-0.39, 0.29) is 12.0 Å². The van der Waals surface area contributed by atoms with Crippen molar-refractivity contribution < 1.29 is 9.47 Å². The Kier molecular flexibility index (Phi) is 8.90. The number of nitrogens with one attached hydrogen (secondary N) is 1. The third kappa shape index (κ3) is 6.09. The zero-order valence-corrected chi connectivity index (χ0v) is 18.0. The van der Waals surface area contributed by atoms with Crippen LogP contribution in [-0.2, 0) is 9.47 Å². The molecule has 0 atom stereocenters. The van der Waals surface area contributed by atoms with Crippen LogP contribution >= 0.6 is 0 Å². The van der Waals surface area contributed by atoms with Gasteiger partial charge in [0, 0.05) is 38.6 Å². The van der Waals surface area contributed by atoms with E-state index in [2.05, 4.69) is 27.2 Å². The first kappa shape index (κ1) is 23.0. The third-order valence-corrected chi connectivity index (χ3v) is 4.48. The summed E-state index contributed by atoms with van der Waals surface area (Å²) in [6, 6.07) is 14.2. The van der Waals surface area contributed by atoms with Crippen molar-refractivity contribution in [2.75, 3.05) is 38.8 Å². The lowest BCUT2D eigenvalue weighted by Crippen LogP contribution is -2.28. The summed E-state index contributed by atoms with van der Waals surface area (Å²) in [5, 5.41) is 14.7. The molecule has 0 unspecified atom stereocenters. The smallest absolute Gasteiger partial charge is 0.269 e. The van der Waals surface area contributed by atoms with Gasteiger partial charge in [0.15, 0.2) is 6.29 Å². The molecule has 0 saturated carbocycles. The standard InChI is InChI=1S/C24H28N4O2/c1-6-29-24(30-7-2)17-27-13-12-22(23(16-25)26-3)20-9-8-19-15-21(28(4)5)11-10-18(19)14-20/h8-15,24,27H,6-7,17H2,1-2,4-5H3/b13-12-,23-22-. The number of nitrogens with zero attached hydrogens (tertiary/aromatic N) is 3. The van der Waals surface area contributed by atoms with Crippen LogP contribution in [0.2, 0.25) is 0 Å². The van der Waals surface area contributed by atoms with Crippen molar-refractivity contribution in [3.8, 4) is 6.07 Å². The van der Waals surface area contributed by atoms with Crippen molar-refractivity contribution in [1.29, 1.82) is 5.26 Å². The lowest BCUT2D eigenvalue weighted by atomic mass is 9.99. The van der Waals surface area contributed by atoms with Crippen molar-refractivity contribution in [1.82, 2.24) is 5.32 Å². The van der Waals surface area contributed by atoms with Crippen molar-refractivity contribution in [3.63, 3.8) is 0 Å². The molecular weight excluding hydrogens is 376 g/mol. The minimum absolute atomic E-state index is 0.0449. The second kappa shape index (κ2) is 11.6. The van der Waals surface area contributed by atoms with Crippen molar-refractivity contribution in [3.05, 3.63) is 71.4 Å². The average molecular weight is 405 g/mol. The van der Waals surface area contributed by atoms with Gasteiger partial charge in [0.1, 0.15) is 0 Å². The molecule has 156 valence electrons. The SMILES string of the molecule is [C-]#[N+]/C(C#N)=C(/C=C\NCC(OCC)OCC)c1ccc2cc(N(C)C)ccc2c1. The van der Waals surface area contributed by atoms with Gasteiger partial charge in [0.25, 0.3) is 5.70 Å². The van der Waals surface area contributed by atoms with E-state index in [1.807, 2.05) is 58.3 Å². The minimum atomic E-state index is -0.347. The van der Waals surface area contributed by atoms with E-state index in [0.29, 0.717) is 25.3 Å². The average Bonchev–Trinajstić information content (AvgIpc) is 2.75. The fourth-order valence-electron chi connectivity index (χ4n) is 2.98. The number of hydrogen-bond acceptors (Lipinski definition) is 5.